The molecule has 0 radical (unpaired) electrons. The number of rotatable bonds is 4. The number of nitro groups is 1. The van der Waals surface area contributed by atoms with E-state index in [-0.39, 0.29) is 10.6 Å². The highest BCUT2D eigenvalue weighted by Gasteiger charge is 2.14. The molecule has 0 aromatic heterocycles. The molecule has 2 aromatic rings. The van der Waals surface area contributed by atoms with Crippen LogP contribution in [0.2, 0.25) is 0 Å². The van der Waals surface area contributed by atoms with Crippen LogP contribution in [-0.4, -0.2) is 4.92 Å². The van der Waals surface area contributed by atoms with Crippen LogP contribution in [0.25, 0.3) is 0 Å². The number of para-hydroxylation sites is 1. The molecule has 2 aromatic carbocycles. The number of benzene rings is 2. The Hall–Kier alpha value is -2.16. The largest absolute Gasteiger partial charge is 0.272 e. The van der Waals surface area contributed by atoms with E-state index in [0.717, 1.165) is 11.1 Å². The Kier molecular flexibility index (Phi) is 3.95. The number of hydrogen-bond acceptors (Lipinski definition) is 2. The van der Waals surface area contributed by atoms with E-state index in [1.807, 2.05) is 30.3 Å². The first-order chi connectivity index (χ1) is 9.09. The van der Waals surface area contributed by atoms with Crippen LogP contribution >= 0.6 is 0 Å². The second kappa shape index (κ2) is 5.65. The fraction of sp³-hybridized carbons (Fsp3) is 0.250. The summed E-state index contributed by atoms with van der Waals surface area (Å²) in [6.07, 6.45) is 0.603. The van der Waals surface area contributed by atoms with E-state index in [0.29, 0.717) is 12.3 Å². The topological polar surface area (TPSA) is 43.1 Å². The van der Waals surface area contributed by atoms with Gasteiger partial charge in [-0.2, -0.15) is 0 Å². The Bertz CT molecular complexity index is 591. The van der Waals surface area contributed by atoms with Gasteiger partial charge >= 0.3 is 0 Å². The van der Waals surface area contributed by atoms with E-state index < -0.39 is 0 Å². The maximum atomic E-state index is 11.0. The average Bonchev–Trinajstić information content (AvgIpc) is 2.39. The highest BCUT2D eigenvalue weighted by Crippen LogP contribution is 2.25. The molecule has 0 bridgehead atoms. The van der Waals surface area contributed by atoms with Crippen molar-refractivity contribution >= 4 is 5.69 Å². The first kappa shape index (κ1) is 13.3. The summed E-state index contributed by atoms with van der Waals surface area (Å²) < 4.78 is 0. The minimum atomic E-state index is -0.312. The molecular formula is C16H17NO2. The van der Waals surface area contributed by atoms with Crippen LogP contribution in [0.1, 0.15) is 36.5 Å². The summed E-state index contributed by atoms with van der Waals surface area (Å²) in [5.74, 6) is 0.416. The monoisotopic (exact) mass is 255 g/mol. The van der Waals surface area contributed by atoms with E-state index in [4.69, 9.17) is 0 Å². The second-order valence-electron chi connectivity index (χ2n) is 4.92. The average molecular weight is 255 g/mol. The third kappa shape index (κ3) is 2.99. The summed E-state index contributed by atoms with van der Waals surface area (Å²) in [6, 6.07) is 15.1. The SMILES string of the molecule is CC(C)c1ccccc1Cc1ccccc1[N+](=O)[O-]. The van der Waals surface area contributed by atoms with Crippen molar-refractivity contribution in [2.45, 2.75) is 26.2 Å². The summed E-state index contributed by atoms with van der Waals surface area (Å²) in [6.45, 7) is 4.27. The predicted octanol–water partition coefficient (Wildman–Crippen LogP) is 4.31. The third-order valence-corrected chi connectivity index (χ3v) is 3.25. The predicted molar refractivity (Wildman–Crippen MR) is 76.4 cm³/mol. The van der Waals surface area contributed by atoms with Crippen molar-refractivity contribution in [2.75, 3.05) is 0 Å². The zero-order valence-electron chi connectivity index (χ0n) is 11.2. The molecule has 0 heterocycles. The first-order valence-corrected chi connectivity index (χ1v) is 6.39. The zero-order chi connectivity index (χ0) is 13.8. The maximum absolute atomic E-state index is 11.0. The molecule has 0 saturated heterocycles. The van der Waals surface area contributed by atoms with E-state index in [2.05, 4.69) is 19.9 Å². The quantitative estimate of drug-likeness (QED) is 0.603. The summed E-state index contributed by atoms with van der Waals surface area (Å²) >= 11 is 0. The first-order valence-electron chi connectivity index (χ1n) is 6.39. The fourth-order valence-corrected chi connectivity index (χ4v) is 2.30. The molecule has 0 aliphatic rings. The van der Waals surface area contributed by atoms with Gasteiger partial charge in [0.05, 0.1) is 4.92 Å². The van der Waals surface area contributed by atoms with Crippen LogP contribution in [0.4, 0.5) is 5.69 Å². The van der Waals surface area contributed by atoms with Crippen LogP contribution in [0, 0.1) is 10.1 Å². The lowest BCUT2D eigenvalue weighted by Crippen LogP contribution is -2.00. The molecule has 3 heteroatoms. The van der Waals surface area contributed by atoms with Crippen LogP contribution in [0.15, 0.2) is 48.5 Å². The number of nitrogens with zero attached hydrogens (tertiary/aromatic N) is 1. The standard InChI is InChI=1S/C16H17NO2/c1-12(2)15-9-5-3-7-13(15)11-14-8-4-6-10-16(14)17(18)19/h3-10,12H,11H2,1-2H3. The Balaban J connectivity index is 2.39. The van der Waals surface area contributed by atoms with Crippen LogP contribution < -0.4 is 0 Å². The molecule has 0 N–H and O–H groups in total. The molecule has 0 atom stereocenters. The van der Waals surface area contributed by atoms with E-state index in [1.54, 1.807) is 12.1 Å². The molecule has 19 heavy (non-hydrogen) atoms. The molecule has 0 aliphatic carbocycles. The van der Waals surface area contributed by atoms with E-state index in [9.17, 15) is 10.1 Å². The normalized spacial score (nSPS) is 10.7. The van der Waals surface area contributed by atoms with Gasteiger partial charge in [0.15, 0.2) is 0 Å². The van der Waals surface area contributed by atoms with E-state index in [1.165, 1.54) is 5.56 Å². The Morgan fingerprint density at radius 1 is 1.00 bits per heavy atom. The summed E-state index contributed by atoms with van der Waals surface area (Å²) in [5.41, 5.74) is 3.37. The molecule has 0 amide bonds. The van der Waals surface area contributed by atoms with Gasteiger partial charge in [-0.25, -0.2) is 0 Å². The van der Waals surface area contributed by atoms with Crippen molar-refractivity contribution in [1.29, 1.82) is 0 Å². The Morgan fingerprint density at radius 3 is 2.21 bits per heavy atom. The van der Waals surface area contributed by atoms with Crippen molar-refractivity contribution in [3.63, 3.8) is 0 Å². The van der Waals surface area contributed by atoms with Gasteiger partial charge in [-0.1, -0.05) is 56.3 Å². The summed E-state index contributed by atoms with van der Waals surface area (Å²) in [5, 5.41) is 11.0. The molecule has 0 fully saturated rings. The Labute approximate surface area is 113 Å². The minimum Gasteiger partial charge on any atom is -0.258 e. The molecule has 3 nitrogen and oxygen atoms in total. The van der Waals surface area contributed by atoms with Crippen molar-refractivity contribution in [1.82, 2.24) is 0 Å². The Morgan fingerprint density at radius 2 is 1.58 bits per heavy atom. The van der Waals surface area contributed by atoms with Gasteiger partial charge in [0.1, 0.15) is 0 Å². The van der Waals surface area contributed by atoms with Gasteiger partial charge in [0, 0.05) is 18.1 Å². The fourth-order valence-electron chi connectivity index (χ4n) is 2.30. The van der Waals surface area contributed by atoms with Crippen LogP contribution in [0.5, 0.6) is 0 Å². The molecule has 0 spiro atoms. The van der Waals surface area contributed by atoms with E-state index >= 15 is 0 Å². The van der Waals surface area contributed by atoms with Crippen LogP contribution in [0.3, 0.4) is 0 Å². The van der Waals surface area contributed by atoms with Gasteiger partial charge in [-0.3, -0.25) is 10.1 Å². The number of hydrogen-bond donors (Lipinski definition) is 0. The lowest BCUT2D eigenvalue weighted by atomic mass is 9.92. The second-order valence-corrected chi connectivity index (χ2v) is 4.92. The van der Waals surface area contributed by atoms with Crippen molar-refractivity contribution in [3.8, 4) is 0 Å². The van der Waals surface area contributed by atoms with Gasteiger partial charge in [0.2, 0.25) is 0 Å². The highest BCUT2D eigenvalue weighted by atomic mass is 16.6. The van der Waals surface area contributed by atoms with Gasteiger partial charge in [0.25, 0.3) is 5.69 Å². The molecular weight excluding hydrogens is 238 g/mol. The van der Waals surface area contributed by atoms with Crippen molar-refractivity contribution in [3.05, 3.63) is 75.3 Å². The molecule has 0 unspecified atom stereocenters. The smallest absolute Gasteiger partial charge is 0.258 e. The molecule has 2 rings (SSSR count). The summed E-state index contributed by atoms with van der Waals surface area (Å²) in [7, 11) is 0. The molecule has 0 aliphatic heterocycles. The van der Waals surface area contributed by atoms with Gasteiger partial charge in [-0.15, -0.1) is 0 Å². The van der Waals surface area contributed by atoms with Gasteiger partial charge in [-0.05, 0) is 17.0 Å². The molecule has 98 valence electrons. The van der Waals surface area contributed by atoms with Gasteiger partial charge < -0.3 is 0 Å². The third-order valence-electron chi connectivity index (χ3n) is 3.25. The van der Waals surface area contributed by atoms with Crippen molar-refractivity contribution < 1.29 is 4.92 Å². The zero-order valence-corrected chi connectivity index (χ0v) is 11.2. The highest BCUT2D eigenvalue weighted by molar-refractivity contribution is 5.44. The lowest BCUT2D eigenvalue weighted by Gasteiger charge is -2.12. The van der Waals surface area contributed by atoms with Crippen LogP contribution in [-0.2, 0) is 6.42 Å². The summed E-state index contributed by atoms with van der Waals surface area (Å²) in [4.78, 5) is 10.7. The lowest BCUT2D eigenvalue weighted by molar-refractivity contribution is -0.385. The molecule has 0 saturated carbocycles. The minimum absolute atomic E-state index is 0.195. The number of nitro benzene ring substituents is 1. The maximum Gasteiger partial charge on any atom is 0.272 e. The van der Waals surface area contributed by atoms with Crippen molar-refractivity contribution in [2.24, 2.45) is 0 Å².